The van der Waals surface area contributed by atoms with Crippen molar-refractivity contribution in [2.24, 2.45) is 5.16 Å². The molecule has 2 aromatic carbocycles. The number of rotatable bonds is 9. The van der Waals surface area contributed by atoms with Crippen molar-refractivity contribution in [1.82, 2.24) is 0 Å². The van der Waals surface area contributed by atoms with E-state index in [1.807, 2.05) is 32.9 Å². The summed E-state index contributed by atoms with van der Waals surface area (Å²) in [5, 5.41) is 14.7. The van der Waals surface area contributed by atoms with Gasteiger partial charge in [0.2, 0.25) is 0 Å². The topological polar surface area (TPSA) is 83.2 Å². The number of nitro groups is 1. The van der Waals surface area contributed by atoms with E-state index in [1.54, 1.807) is 18.3 Å². The van der Waals surface area contributed by atoms with Crippen LogP contribution in [0.25, 0.3) is 0 Å². The van der Waals surface area contributed by atoms with Crippen molar-refractivity contribution in [3.63, 3.8) is 0 Å². The molecule has 0 unspecified atom stereocenters. The van der Waals surface area contributed by atoms with Gasteiger partial charge >= 0.3 is 0 Å². The Kier molecular flexibility index (Phi) is 7.83. The van der Waals surface area contributed by atoms with Gasteiger partial charge in [0.25, 0.3) is 5.69 Å². The highest BCUT2D eigenvalue weighted by molar-refractivity contribution is 14.1. The average molecular weight is 484 g/mol. The highest BCUT2D eigenvalue weighted by Gasteiger charge is 2.13. The average Bonchev–Trinajstić information content (AvgIpc) is 2.62. The van der Waals surface area contributed by atoms with Gasteiger partial charge in [-0.3, -0.25) is 10.1 Å². The summed E-state index contributed by atoms with van der Waals surface area (Å²) in [6.07, 6.45) is 1.61. The lowest BCUT2D eigenvalue weighted by molar-refractivity contribution is -0.384. The minimum absolute atomic E-state index is 0.0248. The third-order valence-electron chi connectivity index (χ3n) is 3.31. The fourth-order valence-corrected chi connectivity index (χ4v) is 3.00. The fourth-order valence-electron chi connectivity index (χ4n) is 2.25. The second kappa shape index (κ2) is 10.1. The predicted molar refractivity (Wildman–Crippen MR) is 112 cm³/mol. The number of non-ortho nitro benzene ring substituents is 1. The lowest BCUT2D eigenvalue weighted by Gasteiger charge is -2.16. The number of oxime groups is 1. The van der Waals surface area contributed by atoms with Crippen molar-refractivity contribution in [1.29, 1.82) is 0 Å². The first-order valence-electron chi connectivity index (χ1n) is 8.42. The first-order valence-corrected chi connectivity index (χ1v) is 9.50. The molecular weight excluding hydrogens is 463 g/mol. The SMILES string of the molecule is CCOc1cc(/C=N\OCc2cccc([N+](=O)[O-])c2)cc(I)c1OC(C)C. The largest absolute Gasteiger partial charge is 0.490 e. The Balaban J connectivity index is 2.08. The second-order valence-corrected chi connectivity index (χ2v) is 7.03. The van der Waals surface area contributed by atoms with Gasteiger partial charge in [-0.1, -0.05) is 17.3 Å². The maximum Gasteiger partial charge on any atom is 0.269 e. The van der Waals surface area contributed by atoms with Crippen LogP contribution in [-0.4, -0.2) is 23.8 Å². The van der Waals surface area contributed by atoms with Crippen molar-refractivity contribution in [3.05, 3.63) is 61.2 Å². The van der Waals surface area contributed by atoms with Crippen molar-refractivity contribution >= 4 is 34.5 Å². The zero-order valence-corrected chi connectivity index (χ0v) is 17.5. The van der Waals surface area contributed by atoms with E-state index in [4.69, 9.17) is 14.3 Å². The van der Waals surface area contributed by atoms with Gasteiger partial charge in [0, 0.05) is 17.7 Å². The van der Waals surface area contributed by atoms with E-state index in [-0.39, 0.29) is 18.4 Å². The summed E-state index contributed by atoms with van der Waals surface area (Å²) in [6.45, 7) is 6.50. The number of hydrogen-bond donors (Lipinski definition) is 0. The van der Waals surface area contributed by atoms with Crippen LogP contribution in [0.5, 0.6) is 11.5 Å². The Morgan fingerprint density at radius 1 is 1.30 bits per heavy atom. The van der Waals surface area contributed by atoms with E-state index in [1.165, 1.54) is 12.1 Å². The molecule has 0 aromatic heterocycles. The summed E-state index contributed by atoms with van der Waals surface area (Å²) >= 11 is 2.19. The zero-order chi connectivity index (χ0) is 19.8. The number of benzene rings is 2. The Labute approximate surface area is 171 Å². The van der Waals surface area contributed by atoms with E-state index >= 15 is 0 Å². The molecule has 0 radical (unpaired) electrons. The van der Waals surface area contributed by atoms with Crippen molar-refractivity contribution in [2.75, 3.05) is 6.61 Å². The molecule has 0 saturated carbocycles. The number of hydrogen-bond acceptors (Lipinski definition) is 6. The number of nitro benzene ring substituents is 1. The van der Waals surface area contributed by atoms with Crippen LogP contribution in [0, 0.1) is 13.7 Å². The first-order chi connectivity index (χ1) is 12.9. The third-order valence-corrected chi connectivity index (χ3v) is 4.12. The highest BCUT2D eigenvalue weighted by Crippen LogP contribution is 2.34. The van der Waals surface area contributed by atoms with Crippen LogP contribution >= 0.6 is 22.6 Å². The lowest BCUT2D eigenvalue weighted by Crippen LogP contribution is -2.09. The normalized spacial score (nSPS) is 11.0. The lowest BCUT2D eigenvalue weighted by atomic mass is 10.2. The summed E-state index contributed by atoms with van der Waals surface area (Å²) in [7, 11) is 0. The van der Waals surface area contributed by atoms with Crippen LogP contribution in [0.2, 0.25) is 0 Å². The summed E-state index contributed by atoms with van der Waals surface area (Å²) in [5.41, 5.74) is 1.50. The van der Waals surface area contributed by atoms with Crippen LogP contribution in [0.3, 0.4) is 0 Å². The van der Waals surface area contributed by atoms with Gasteiger partial charge in [0.15, 0.2) is 11.5 Å². The van der Waals surface area contributed by atoms with E-state index in [0.29, 0.717) is 23.7 Å². The Hall–Kier alpha value is -2.36. The van der Waals surface area contributed by atoms with Gasteiger partial charge in [-0.25, -0.2) is 0 Å². The Morgan fingerprint density at radius 3 is 2.74 bits per heavy atom. The van der Waals surface area contributed by atoms with Gasteiger partial charge in [0.05, 0.1) is 27.4 Å². The molecule has 0 spiro atoms. The maximum atomic E-state index is 10.8. The standard InChI is InChI=1S/C19H21IN2O5/c1-4-25-18-10-15(9-17(20)19(18)27-13(2)3)11-21-26-12-14-6-5-7-16(8-14)22(23)24/h5-11,13H,4,12H2,1-3H3/b21-11-. The molecule has 0 aliphatic heterocycles. The number of ether oxygens (including phenoxy) is 2. The Morgan fingerprint density at radius 2 is 2.07 bits per heavy atom. The molecule has 2 aromatic rings. The summed E-state index contributed by atoms with van der Waals surface area (Å²) in [6, 6.07) is 10.0. The van der Waals surface area contributed by atoms with Crippen LogP contribution in [-0.2, 0) is 11.4 Å². The van der Waals surface area contributed by atoms with Gasteiger partial charge < -0.3 is 14.3 Å². The van der Waals surface area contributed by atoms with Crippen LogP contribution in [0.15, 0.2) is 41.6 Å². The van der Waals surface area contributed by atoms with Crippen LogP contribution < -0.4 is 9.47 Å². The van der Waals surface area contributed by atoms with Crippen LogP contribution in [0.4, 0.5) is 5.69 Å². The molecule has 144 valence electrons. The van der Waals surface area contributed by atoms with E-state index in [0.717, 1.165) is 9.13 Å². The van der Waals surface area contributed by atoms with Crippen LogP contribution in [0.1, 0.15) is 31.9 Å². The molecule has 7 nitrogen and oxygen atoms in total. The maximum absolute atomic E-state index is 10.8. The third kappa shape index (κ3) is 6.38. The molecule has 0 aliphatic carbocycles. The summed E-state index contributed by atoms with van der Waals surface area (Å²) in [5.74, 6) is 1.36. The molecule has 27 heavy (non-hydrogen) atoms. The highest BCUT2D eigenvalue weighted by atomic mass is 127. The molecule has 0 fully saturated rings. The molecular formula is C19H21IN2O5. The molecule has 0 atom stereocenters. The van der Waals surface area contributed by atoms with E-state index < -0.39 is 4.92 Å². The second-order valence-electron chi connectivity index (χ2n) is 5.86. The van der Waals surface area contributed by atoms with Gasteiger partial charge in [-0.15, -0.1) is 0 Å². The molecule has 0 aliphatic rings. The molecule has 0 saturated heterocycles. The minimum atomic E-state index is -0.440. The first kappa shape index (κ1) is 20.9. The van der Waals surface area contributed by atoms with Crippen molar-refractivity contribution in [2.45, 2.75) is 33.5 Å². The predicted octanol–water partition coefficient (Wildman–Crippen LogP) is 4.94. The smallest absolute Gasteiger partial charge is 0.269 e. The monoisotopic (exact) mass is 484 g/mol. The Bertz CT molecular complexity index is 824. The molecule has 8 heteroatoms. The number of halogens is 1. The molecule has 0 amide bonds. The quantitative estimate of drug-likeness (QED) is 0.218. The van der Waals surface area contributed by atoms with Crippen molar-refractivity contribution < 1.29 is 19.2 Å². The van der Waals surface area contributed by atoms with Gasteiger partial charge in [-0.05, 0) is 61.1 Å². The minimum Gasteiger partial charge on any atom is -0.490 e. The molecule has 0 bridgehead atoms. The molecule has 0 heterocycles. The molecule has 2 rings (SSSR count). The molecule has 0 N–H and O–H groups in total. The van der Waals surface area contributed by atoms with Gasteiger partial charge in [0.1, 0.15) is 6.61 Å². The van der Waals surface area contributed by atoms with Gasteiger partial charge in [-0.2, -0.15) is 0 Å². The van der Waals surface area contributed by atoms with Crippen molar-refractivity contribution in [3.8, 4) is 11.5 Å². The fraction of sp³-hybridized carbons (Fsp3) is 0.316. The number of nitrogens with zero attached hydrogens (tertiary/aromatic N) is 2. The van der Waals surface area contributed by atoms with E-state index in [2.05, 4.69) is 27.7 Å². The zero-order valence-electron chi connectivity index (χ0n) is 15.3. The van der Waals surface area contributed by atoms with E-state index in [9.17, 15) is 10.1 Å². The summed E-state index contributed by atoms with van der Waals surface area (Å²) < 4.78 is 12.4. The summed E-state index contributed by atoms with van der Waals surface area (Å²) in [4.78, 5) is 15.6.